The quantitative estimate of drug-likeness (QED) is 0.319. The van der Waals surface area contributed by atoms with Gasteiger partial charge in [-0.05, 0) is 61.4 Å². The Balaban J connectivity index is 1.35. The highest BCUT2D eigenvalue weighted by Crippen LogP contribution is 2.34. The number of para-hydroxylation sites is 3. The third-order valence-corrected chi connectivity index (χ3v) is 6.44. The molecule has 6 heteroatoms. The summed E-state index contributed by atoms with van der Waals surface area (Å²) in [6.07, 6.45) is 1.30. The van der Waals surface area contributed by atoms with Gasteiger partial charge in [0.1, 0.15) is 11.6 Å². The highest BCUT2D eigenvalue weighted by molar-refractivity contribution is 6.30. The second-order valence-corrected chi connectivity index (χ2v) is 8.89. The summed E-state index contributed by atoms with van der Waals surface area (Å²) in [5, 5.41) is 0.697. The number of fused-ring (bicyclic) bond motifs is 1. The number of imidazole rings is 1. The minimum absolute atomic E-state index is 0.0571. The number of ether oxygens (including phenoxy) is 1. The summed E-state index contributed by atoms with van der Waals surface area (Å²) in [6, 6.07) is 23.7. The van der Waals surface area contributed by atoms with Gasteiger partial charge in [0.25, 0.3) is 0 Å². The van der Waals surface area contributed by atoms with Gasteiger partial charge in [-0.2, -0.15) is 0 Å². The Kier molecular flexibility index (Phi) is 6.05. The Morgan fingerprint density at radius 1 is 1.03 bits per heavy atom. The smallest absolute Gasteiger partial charge is 0.227 e. The van der Waals surface area contributed by atoms with E-state index in [4.69, 9.17) is 21.3 Å². The van der Waals surface area contributed by atoms with Gasteiger partial charge in [-0.3, -0.25) is 4.79 Å². The van der Waals surface area contributed by atoms with Gasteiger partial charge >= 0.3 is 0 Å². The molecule has 1 fully saturated rings. The normalized spacial score (nSPS) is 16.0. The molecule has 0 unspecified atom stereocenters. The number of benzene rings is 3. The number of amides is 1. The predicted octanol–water partition coefficient (Wildman–Crippen LogP) is 5.99. The van der Waals surface area contributed by atoms with Crippen molar-refractivity contribution in [2.45, 2.75) is 32.2 Å². The van der Waals surface area contributed by atoms with Crippen molar-refractivity contribution < 1.29 is 9.53 Å². The van der Waals surface area contributed by atoms with Crippen LogP contribution >= 0.6 is 11.6 Å². The van der Waals surface area contributed by atoms with Crippen LogP contribution in [0.3, 0.4) is 0 Å². The van der Waals surface area contributed by atoms with Gasteiger partial charge in [0, 0.05) is 36.1 Å². The molecule has 1 saturated heterocycles. The molecule has 0 spiro atoms. The molecular weight excluding hydrogens is 434 g/mol. The molecule has 5 nitrogen and oxygen atoms in total. The fourth-order valence-electron chi connectivity index (χ4n) is 4.56. The Morgan fingerprint density at radius 3 is 2.61 bits per heavy atom. The van der Waals surface area contributed by atoms with Gasteiger partial charge < -0.3 is 14.2 Å². The standard InChI is InChI=1S/C27H26ClN3O2/c1-19-7-2-4-9-24(19)31-18-20(17-26(31)32)27-29-23-8-3-5-10-25(23)30(27)15-6-16-33-22-13-11-21(28)12-14-22/h2-5,7-14,20H,6,15-18H2,1H3/t20-/m1/s1. The molecule has 168 valence electrons. The number of aryl methyl sites for hydroxylation is 2. The van der Waals surface area contributed by atoms with Crippen molar-refractivity contribution in [2.24, 2.45) is 0 Å². The van der Waals surface area contributed by atoms with Crippen molar-refractivity contribution >= 4 is 34.2 Å². The molecule has 1 aliphatic heterocycles. The van der Waals surface area contributed by atoms with Crippen LogP contribution in [0.15, 0.2) is 72.8 Å². The molecule has 1 atom stereocenters. The average Bonchev–Trinajstić information content (AvgIpc) is 3.39. The zero-order valence-electron chi connectivity index (χ0n) is 18.6. The van der Waals surface area contributed by atoms with E-state index in [2.05, 4.69) is 10.6 Å². The summed E-state index contributed by atoms with van der Waals surface area (Å²) in [4.78, 5) is 19.8. The molecule has 4 aromatic rings. The van der Waals surface area contributed by atoms with Crippen molar-refractivity contribution in [1.29, 1.82) is 0 Å². The first-order chi connectivity index (χ1) is 16.1. The second kappa shape index (κ2) is 9.28. The number of hydrogen-bond acceptors (Lipinski definition) is 3. The largest absolute Gasteiger partial charge is 0.494 e. The van der Waals surface area contributed by atoms with Crippen LogP contribution < -0.4 is 9.64 Å². The summed E-state index contributed by atoms with van der Waals surface area (Å²) in [7, 11) is 0. The zero-order chi connectivity index (χ0) is 22.8. The lowest BCUT2D eigenvalue weighted by molar-refractivity contribution is -0.117. The summed E-state index contributed by atoms with van der Waals surface area (Å²) < 4.78 is 8.15. The fourth-order valence-corrected chi connectivity index (χ4v) is 4.69. The first kappa shape index (κ1) is 21.5. The van der Waals surface area contributed by atoms with Crippen LogP contribution in [0.25, 0.3) is 11.0 Å². The van der Waals surface area contributed by atoms with Crippen LogP contribution in [0.4, 0.5) is 5.69 Å². The Bertz CT molecular complexity index is 1280. The lowest BCUT2D eigenvalue weighted by atomic mass is 10.1. The van der Waals surface area contributed by atoms with Crippen molar-refractivity contribution in [2.75, 3.05) is 18.1 Å². The van der Waals surface area contributed by atoms with Crippen LogP contribution in [-0.4, -0.2) is 28.6 Å². The molecule has 33 heavy (non-hydrogen) atoms. The maximum absolute atomic E-state index is 12.9. The number of aromatic nitrogens is 2. The van der Waals surface area contributed by atoms with Gasteiger partial charge in [0.05, 0.1) is 17.6 Å². The van der Waals surface area contributed by atoms with Gasteiger partial charge in [0.15, 0.2) is 0 Å². The van der Waals surface area contributed by atoms with Crippen molar-refractivity contribution in [3.8, 4) is 5.75 Å². The number of anilines is 1. The van der Waals surface area contributed by atoms with Crippen LogP contribution in [0.2, 0.25) is 5.02 Å². The fraction of sp³-hybridized carbons (Fsp3) is 0.259. The minimum atomic E-state index is 0.0571. The van der Waals surface area contributed by atoms with E-state index in [1.54, 1.807) is 0 Å². The van der Waals surface area contributed by atoms with E-state index in [-0.39, 0.29) is 11.8 Å². The molecule has 0 radical (unpaired) electrons. The highest BCUT2D eigenvalue weighted by Gasteiger charge is 2.35. The Hall–Kier alpha value is -3.31. The van der Waals surface area contributed by atoms with Crippen molar-refractivity contribution in [1.82, 2.24) is 9.55 Å². The van der Waals surface area contributed by atoms with Crippen LogP contribution in [-0.2, 0) is 11.3 Å². The number of carbonyl (C=O) groups is 1. The van der Waals surface area contributed by atoms with Crippen LogP contribution in [0, 0.1) is 6.92 Å². The van der Waals surface area contributed by atoms with Gasteiger partial charge in [0.2, 0.25) is 5.91 Å². The van der Waals surface area contributed by atoms with E-state index in [9.17, 15) is 4.79 Å². The molecule has 0 saturated carbocycles. The third kappa shape index (κ3) is 4.46. The van der Waals surface area contributed by atoms with Gasteiger partial charge in [-0.15, -0.1) is 0 Å². The monoisotopic (exact) mass is 459 g/mol. The summed E-state index contributed by atoms with van der Waals surface area (Å²) in [6.45, 7) is 4.06. The number of hydrogen-bond donors (Lipinski definition) is 0. The van der Waals surface area contributed by atoms with Crippen molar-refractivity contribution in [3.05, 3.63) is 89.2 Å². The lowest BCUT2D eigenvalue weighted by Crippen LogP contribution is -2.25. The van der Waals surface area contributed by atoms with Crippen LogP contribution in [0.1, 0.15) is 30.1 Å². The summed E-state index contributed by atoms with van der Waals surface area (Å²) in [5.41, 5.74) is 4.16. The van der Waals surface area contributed by atoms with E-state index < -0.39 is 0 Å². The minimum Gasteiger partial charge on any atom is -0.494 e. The Labute approximate surface area is 198 Å². The molecule has 0 bridgehead atoms. The molecule has 1 aromatic heterocycles. The third-order valence-electron chi connectivity index (χ3n) is 6.19. The van der Waals surface area contributed by atoms with E-state index in [1.807, 2.05) is 78.6 Å². The maximum Gasteiger partial charge on any atom is 0.227 e. The molecule has 5 rings (SSSR count). The van der Waals surface area contributed by atoms with E-state index >= 15 is 0 Å². The van der Waals surface area contributed by atoms with Crippen molar-refractivity contribution in [3.63, 3.8) is 0 Å². The van der Waals surface area contributed by atoms with Crippen LogP contribution in [0.5, 0.6) is 5.75 Å². The molecule has 1 aliphatic rings. The molecule has 3 aromatic carbocycles. The van der Waals surface area contributed by atoms with E-state index in [0.29, 0.717) is 24.6 Å². The lowest BCUT2D eigenvalue weighted by Gasteiger charge is -2.19. The number of rotatable bonds is 7. The van der Waals surface area contributed by atoms with Gasteiger partial charge in [-0.25, -0.2) is 4.98 Å². The Morgan fingerprint density at radius 2 is 1.79 bits per heavy atom. The molecule has 0 aliphatic carbocycles. The summed E-state index contributed by atoms with van der Waals surface area (Å²) in [5.74, 6) is 2.00. The first-order valence-corrected chi connectivity index (χ1v) is 11.7. The van der Waals surface area contributed by atoms with E-state index in [1.165, 1.54) is 0 Å². The molecule has 0 N–H and O–H groups in total. The SMILES string of the molecule is Cc1ccccc1N1C[C@H](c2nc3ccccc3n2CCCOc2ccc(Cl)cc2)CC1=O. The number of halogens is 1. The number of carbonyl (C=O) groups excluding carboxylic acids is 1. The molecule has 2 heterocycles. The second-order valence-electron chi connectivity index (χ2n) is 8.46. The summed E-state index contributed by atoms with van der Waals surface area (Å²) >= 11 is 5.95. The van der Waals surface area contributed by atoms with Gasteiger partial charge in [-0.1, -0.05) is 41.9 Å². The highest BCUT2D eigenvalue weighted by atomic mass is 35.5. The molecular formula is C27H26ClN3O2. The average molecular weight is 460 g/mol. The molecule has 1 amide bonds. The topological polar surface area (TPSA) is 47.4 Å². The van der Waals surface area contributed by atoms with E-state index in [0.717, 1.165) is 46.8 Å². The first-order valence-electron chi connectivity index (χ1n) is 11.3. The number of nitrogens with zero attached hydrogens (tertiary/aromatic N) is 3. The zero-order valence-corrected chi connectivity index (χ0v) is 19.3. The predicted molar refractivity (Wildman–Crippen MR) is 132 cm³/mol. The maximum atomic E-state index is 12.9.